The third kappa shape index (κ3) is 4.31. The predicted molar refractivity (Wildman–Crippen MR) is 70.5 cm³/mol. The van der Waals surface area contributed by atoms with Crippen molar-refractivity contribution in [3.8, 4) is 5.75 Å². The summed E-state index contributed by atoms with van der Waals surface area (Å²) in [6, 6.07) is 4.18. The zero-order chi connectivity index (χ0) is 13.5. The van der Waals surface area contributed by atoms with Crippen LogP contribution in [0.25, 0.3) is 0 Å². The van der Waals surface area contributed by atoms with E-state index in [0.717, 1.165) is 6.08 Å². The van der Waals surface area contributed by atoms with Crippen molar-refractivity contribution < 1.29 is 18.7 Å². The number of para-hydroxylation sites is 1. The Hall–Kier alpha value is -1.07. The second kappa shape index (κ2) is 7.38. The van der Waals surface area contributed by atoms with Gasteiger partial charge in [-0.05, 0) is 19.1 Å². The average molecular weight is 338 g/mol. The van der Waals surface area contributed by atoms with Gasteiger partial charge >= 0.3 is 5.97 Å². The number of halogens is 3. The van der Waals surface area contributed by atoms with Gasteiger partial charge < -0.3 is 9.47 Å². The van der Waals surface area contributed by atoms with E-state index >= 15 is 0 Å². The molecule has 0 unspecified atom stereocenters. The number of carbonyl (C=O) groups excluding carboxylic acids is 1. The van der Waals surface area contributed by atoms with E-state index in [0.29, 0.717) is 0 Å². The Morgan fingerprint density at radius 3 is 2.83 bits per heavy atom. The van der Waals surface area contributed by atoms with Gasteiger partial charge in [-0.1, -0.05) is 33.6 Å². The van der Waals surface area contributed by atoms with Gasteiger partial charge in [-0.2, -0.15) is 0 Å². The Morgan fingerprint density at radius 1 is 1.56 bits per heavy atom. The number of hydrogen-bond donors (Lipinski definition) is 0. The minimum absolute atomic E-state index is 0.117. The van der Waals surface area contributed by atoms with E-state index in [4.69, 9.17) is 21.1 Å². The quantitative estimate of drug-likeness (QED) is 0.356. The molecule has 0 N–H and O–H groups in total. The van der Waals surface area contributed by atoms with E-state index in [9.17, 15) is 9.18 Å². The first-order valence-electron chi connectivity index (χ1n) is 5.13. The van der Waals surface area contributed by atoms with Crippen molar-refractivity contribution in [3.63, 3.8) is 0 Å². The lowest BCUT2D eigenvalue weighted by Gasteiger charge is -2.09. The molecule has 0 amide bonds. The zero-order valence-electron chi connectivity index (χ0n) is 9.58. The van der Waals surface area contributed by atoms with Crippen molar-refractivity contribution >= 4 is 33.5 Å². The minimum Gasteiger partial charge on any atom is -0.463 e. The molecule has 0 fully saturated rings. The molecule has 1 aromatic carbocycles. The van der Waals surface area contributed by atoms with Crippen LogP contribution >= 0.6 is 27.5 Å². The Labute approximate surface area is 118 Å². The highest BCUT2D eigenvalue weighted by molar-refractivity contribution is 9.09. The SMILES string of the molecule is CCOC(=O)/C=C(\CBr)Oc1c(F)cccc1Cl. The van der Waals surface area contributed by atoms with Crippen LogP contribution in [0.5, 0.6) is 5.75 Å². The first kappa shape index (κ1) is 15.0. The summed E-state index contributed by atoms with van der Waals surface area (Å²) in [5, 5.41) is 0.363. The fourth-order valence-electron chi connectivity index (χ4n) is 1.12. The van der Waals surface area contributed by atoms with E-state index in [2.05, 4.69) is 15.9 Å². The number of alkyl halides is 1. The van der Waals surface area contributed by atoms with Crippen LogP contribution in [0.15, 0.2) is 30.0 Å². The molecule has 0 atom stereocenters. The van der Waals surface area contributed by atoms with Gasteiger partial charge in [0.25, 0.3) is 0 Å². The molecule has 0 radical (unpaired) electrons. The fraction of sp³-hybridized carbons (Fsp3) is 0.250. The van der Waals surface area contributed by atoms with Crippen LogP contribution in [0.2, 0.25) is 5.02 Å². The fourth-order valence-corrected chi connectivity index (χ4v) is 1.60. The zero-order valence-corrected chi connectivity index (χ0v) is 11.9. The molecule has 0 aromatic heterocycles. The maximum atomic E-state index is 13.5. The highest BCUT2D eigenvalue weighted by Crippen LogP contribution is 2.29. The van der Waals surface area contributed by atoms with Crippen LogP contribution in [0.1, 0.15) is 6.92 Å². The van der Waals surface area contributed by atoms with E-state index in [1.54, 1.807) is 6.92 Å². The molecular weight excluding hydrogens is 326 g/mol. The van der Waals surface area contributed by atoms with Crippen molar-refractivity contribution in [2.45, 2.75) is 6.92 Å². The molecule has 0 saturated carbocycles. The van der Waals surface area contributed by atoms with Crippen molar-refractivity contribution in [1.82, 2.24) is 0 Å². The van der Waals surface area contributed by atoms with Gasteiger partial charge in [-0.3, -0.25) is 0 Å². The van der Waals surface area contributed by atoms with Crippen LogP contribution in [0.3, 0.4) is 0 Å². The maximum Gasteiger partial charge on any atom is 0.334 e. The molecule has 6 heteroatoms. The Bertz CT molecular complexity index is 442. The first-order chi connectivity index (χ1) is 8.58. The number of carbonyl (C=O) groups is 1. The van der Waals surface area contributed by atoms with Crippen LogP contribution in [-0.4, -0.2) is 17.9 Å². The molecule has 98 valence electrons. The first-order valence-corrected chi connectivity index (χ1v) is 6.63. The molecule has 1 aromatic rings. The summed E-state index contributed by atoms with van der Waals surface area (Å²) in [6.45, 7) is 1.94. The topological polar surface area (TPSA) is 35.5 Å². The predicted octanol–water partition coefficient (Wildman–Crippen LogP) is 3.70. The van der Waals surface area contributed by atoms with E-state index in [1.165, 1.54) is 18.2 Å². The molecule has 3 nitrogen and oxygen atoms in total. The van der Waals surface area contributed by atoms with Gasteiger partial charge in [0.05, 0.1) is 23.0 Å². The molecule has 0 aliphatic carbocycles. The standard InChI is InChI=1S/C12H11BrClFO3/c1-2-17-11(16)6-8(7-13)18-12-9(14)4-3-5-10(12)15/h3-6H,2,7H2,1H3/b8-6+. The molecule has 0 aliphatic rings. The molecule has 0 saturated heterocycles. The summed E-state index contributed by atoms with van der Waals surface area (Å²) in [6.07, 6.45) is 1.14. The number of benzene rings is 1. The Kier molecular flexibility index (Phi) is 6.15. The van der Waals surface area contributed by atoms with Gasteiger partial charge in [-0.15, -0.1) is 0 Å². The molecule has 18 heavy (non-hydrogen) atoms. The molecule has 0 spiro atoms. The second-order valence-electron chi connectivity index (χ2n) is 3.15. The molecule has 0 aliphatic heterocycles. The summed E-state index contributed by atoms with van der Waals surface area (Å²) in [4.78, 5) is 11.2. The van der Waals surface area contributed by atoms with Gasteiger partial charge in [-0.25, -0.2) is 9.18 Å². The van der Waals surface area contributed by atoms with Gasteiger partial charge in [0.1, 0.15) is 5.76 Å². The number of allylic oxidation sites excluding steroid dienone is 1. The van der Waals surface area contributed by atoms with Gasteiger partial charge in [0, 0.05) is 0 Å². The Balaban J connectivity index is 2.89. The highest BCUT2D eigenvalue weighted by Gasteiger charge is 2.11. The highest BCUT2D eigenvalue weighted by atomic mass is 79.9. The van der Waals surface area contributed by atoms with Crippen LogP contribution < -0.4 is 4.74 Å². The molecule has 0 heterocycles. The van der Waals surface area contributed by atoms with E-state index in [-0.39, 0.29) is 28.5 Å². The van der Waals surface area contributed by atoms with Gasteiger partial charge in [0.2, 0.25) is 0 Å². The van der Waals surface area contributed by atoms with Gasteiger partial charge in [0.15, 0.2) is 11.6 Å². The second-order valence-corrected chi connectivity index (χ2v) is 4.12. The van der Waals surface area contributed by atoms with E-state index in [1.807, 2.05) is 0 Å². The summed E-state index contributed by atoms with van der Waals surface area (Å²) >= 11 is 8.94. The lowest BCUT2D eigenvalue weighted by Crippen LogP contribution is -2.06. The van der Waals surface area contributed by atoms with Crippen molar-refractivity contribution in [1.29, 1.82) is 0 Å². The molecule has 1 rings (SSSR count). The van der Waals surface area contributed by atoms with Crippen LogP contribution in [0, 0.1) is 5.82 Å². The number of esters is 1. The summed E-state index contributed by atoms with van der Waals surface area (Å²) in [7, 11) is 0. The largest absolute Gasteiger partial charge is 0.463 e. The molecular formula is C12H11BrClFO3. The molecule has 0 bridgehead atoms. The van der Waals surface area contributed by atoms with Crippen molar-refractivity contribution in [3.05, 3.63) is 40.9 Å². The smallest absolute Gasteiger partial charge is 0.334 e. The third-order valence-electron chi connectivity index (χ3n) is 1.85. The lowest BCUT2D eigenvalue weighted by atomic mass is 10.3. The summed E-state index contributed by atoms with van der Waals surface area (Å²) in [5.41, 5.74) is 0. The number of hydrogen-bond acceptors (Lipinski definition) is 3. The third-order valence-corrected chi connectivity index (χ3v) is 2.70. The summed E-state index contributed by atoms with van der Waals surface area (Å²) < 4.78 is 23.4. The normalized spacial score (nSPS) is 11.2. The maximum absolute atomic E-state index is 13.5. The summed E-state index contributed by atoms with van der Waals surface area (Å²) in [5.74, 6) is -1.06. The average Bonchev–Trinajstić information content (AvgIpc) is 2.33. The van der Waals surface area contributed by atoms with Crippen LogP contribution in [-0.2, 0) is 9.53 Å². The van der Waals surface area contributed by atoms with E-state index < -0.39 is 11.8 Å². The number of ether oxygens (including phenoxy) is 2. The minimum atomic E-state index is -0.599. The van der Waals surface area contributed by atoms with Crippen molar-refractivity contribution in [2.75, 3.05) is 11.9 Å². The van der Waals surface area contributed by atoms with Crippen LogP contribution in [0.4, 0.5) is 4.39 Å². The van der Waals surface area contributed by atoms with Crippen molar-refractivity contribution in [2.24, 2.45) is 0 Å². The Morgan fingerprint density at radius 2 is 2.28 bits per heavy atom. The lowest BCUT2D eigenvalue weighted by molar-refractivity contribution is -0.137. The monoisotopic (exact) mass is 336 g/mol. The number of rotatable bonds is 5.